The van der Waals surface area contributed by atoms with E-state index in [9.17, 15) is 18.0 Å². The van der Waals surface area contributed by atoms with Gasteiger partial charge in [0.25, 0.3) is 0 Å². The standard InChI is InChI=1S/C10H6ClF3N2O/c1-5(17)8-9(11)16-4-6(10(12,13)14)2-3-7(16)15-8/h2-4H,1H3. The molecule has 0 aliphatic carbocycles. The lowest BCUT2D eigenvalue weighted by Crippen LogP contribution is -2.06. The largest absolute Gasteiger partial charge is 0.417 e. The van der Waals surface area contributed by atoms with Crippen LogP contribution in [0.2, 0.25) is 5.15 Å². The van der Waals surface area contributed by atoms with Crippen molar-refractivity contribution in [1.29, 1.82) is 0 Å². The average molecular weight is 263 g/mol. The SMILES string of the molecule is CC(=O)c1nc2ccc(C(F)(F)F)cn2c1Cl. The third-order valence-electron chi connectivity index (χ3n) is 2.22. The number of fused-ring (bicyclic) bond motifs is 1. The molecular formula is C10H6ClF3N2O. The van der Waals surface area contributed by atoms with Crippen LogP contribution < -0.4 is 0 Å². The molecule has 0 aliphatic rings. The first-order valence-corrected chi connectivity index (χ1v) is 4.94. The number of ketones is 1. The number of nitrogens with zero attached hydrogens (tertiary/aromatic N) is 2. The average Bonchev–Trinajstić information content (AvgIpc) is 2.54. The Morgan fingerprint density at radius 3 is 2.59 bits per heavy atom. The molecule has 0 amide bonds. The van der Waals surface area contributed by atoms with E-state index in [1.54, 1.807) is 0 Å². The van der Waals surface area contributed by atoms with Gasteiger partial charge >= 0.3 is 6.18 Å². The minimum absolute atomic E-state index is 0.0361. The topological polar surface area (TPSA) is 34.4 Å². The molecule has 0 spiro atoms. The minimum atomic E-state index is -4.46. The molecule has 3 nitrogen and oxygen atoms in total. The predicted octanol–water partition coefficient (Wildman–Crippen LogP) is 3.21. The van der Waals surface area contributed by atoms with Crippen LogP contribution in [0.4, 0.5) is 13.2 Å². The van der Waals surface area contributed by atoms with E-state index >= 15 is 0 Å². The van der Waals surface area contributed by atoms with Gasteiger partial charge in [0.15, 0.2) is 5.78 Å². The Hall–Kier alpha value is -1.56. The Balaban J connectivity index is 2.70. The Bertz CT molecular complexity index is 603. The Morgan fingerprint density at radius 2 is 2.06 bits per heavy atom. The van der Waals surface area contributed by atoms with Crippen LogP contribution in [-0.2, 0) is 6.18 Å². The molecule has 2 aromatic heterocycles. The maximum atomic E-state index is 12.5. The number of alkyl halides is 3. The summed E-state index contributed by atoms with van der Waals surface area (Å²) in [5, 5.41) is -0.112. The number of carbonyl (C=O) groups excluding carboxylic acids is 1. The van der Waals surface area contributed by atoms with Crippen molar-refractivity contribution in [2.45, 2.75) is 13.1 Å². The van der Waals surface area contributed by atoms with Crippen molar-refractivity contribution in [3.63, 3.8) is 0 Å². The zero-order chi connectivity index (χ0) is 12.8. The highest BCUT2D eigenvalue weighted by Gasteiger charge is 2.31. The fraction of sp³-hybridized carbons (Fsp3) is 0.200. The van der Waals surface area contributed by atoms with Crippen LogP contribution in [0.3, 0.4) is 0 Å². The maximum Gasteiger partial charge on any atom is 0.417 e. The van der Waals surface area contributed by atoms with Crippen LogP contribution in [0.15, 0.2) is 18.3 Å². The van der Waals surface area contributed by atoms with Crippen LogP contribution in [0.5, 0.6) is 0 Å². The number of Topliss-reactive ketones (excluding diaryl/α,β-unsaturated/α-hetero) is 1. The van der Waals surface area contributed by atoms with E-state index in [0.717, 1.165) is 16.7 Å². The second kappa shape index (κ2) is 3.73. The lowest BCUT2D eigenvalue weighted by Gasteiger charge is -2.06. The number of hydrogen-bond donors (Lipinski definition) is 0. The van der Waals surface area contributed by atoms with Gasteiger partial charge in [-0.15, -0.1) is 0 Å². The number of aromatic nitrogens is 2. The first-order valence-electron chi connectivity index (χ1n) is 4.56. The summed E-state index contributed by atoms with van der Waals surface area (Å²) >= 11 is 5.79. The van der Waals surface area contributed by atoms with E-state index < -0.39 is 17.5 Å². The van der Waals surface area contributed by atoms with Gasteiger partial charge in [-0.05, 0) is 12.1 Å². The quantitative estimate of drug-likeness (QED) is 0.740. The number of imidazole rings is 1. The Labute approximate surface area is 98.8 Å². The first-order chi connectivity index (χ1) is 7.80. The van der Waals surface area contributed by atoms with Gasteiger partial charge in [-0.25, -0.2) is 4.98 Å². The molecule has 0 atom stereocenters. The highest BCUT2D eigenvalue weighted by atomic mass is 35.5. The number of halogens is 4. The monoisotopic (exact) mass is 262 g/mol. The van der Waals surface area contributed by atoms with Crippen LogP contribution in [0.25, 0.3) is 5.65 Å². The highest BCUT2D eigenvalue weighted by molar-refractivity contribution is 6.32. The lowest BCUT2D eigenvalue weighted by molar-refractivity contribution is -0.137. The third kappa shape index (κ3) is 2.00. The molecule has 2 heterocycles. The third-order valence-corrected chi connectivity index (χ3v) is 2.58. The molecule has 0 N–H and O–H groups in total. The molecular weight excluding hydrogens is 257 g/mol. The van der Waals surface area contributed by atoms with Crippen molar-refractivity contribution < 1.29 is 18.0 Å². The van der Waals surface area contributed by atoms with Crippen molar-refractivity contribution in [1.82, 2.24) is 9.38 Å². The van der Waals surface area contributed by atoms with Crippen molar-refractivity contribution >= 4 is 23.0 Å². The van der Waals surface area contributed by atoms with Crippen molar-refractivity contribution in [2.24, 2.45) is 0 Å². The second-order valence-corrected chi connectivity index (χ2v) is 3.81. The molecule has 2 rings (SSSR count). The summed E-state index contributed by atoms with van der Waals surface area (Å²) in [6.07, 6.45) is -3.64. The molecule has 2 aromatic rings. The van der Waals surface area contributed by atoms with Gasteiger partial charge in [0.1, 0.15) is 16.5 Å². The Kier molecular flexibility index (Phi) is 2.61. The molecule has 17 heavy (non-hydrogen) atoms. The molecule has 7 heteroatoms. The molecule has 0 aliphatic heterocycles. The summed E-state index contributed by atoms with van der Waals surface area (Å²) in [6, 6.07) is 2.06. The van der Waals surface area contributed by atoms with E-state index in [1.807, 2.05) is 0 Å². The van der Waals surface area contributed by atoms with Crippen molar-refractivity contribution in [3.8, 4) is 0 Å². The van der Waals surface area contributed by atoms with Gasteiger partial charge < -0.3 is 0 Å². The first kappa shape index (κ1) is 11.9. The van der Waals surface area contributed by atoms with E-state index in [-0.39, 0.29) is 16.5 Å². The van der Waals surface area contributed by atoms with Gasteiger partial charge in [0.2, 0.25) is 0 Å². The number of hydrogen-bond acceptors (Lipinski definition) is 2. The molecule has 90 valence electrons. The van der Waals surface area contributed by atoms with E-state index in [4.69, 9.17) is 11.6 Å². The summed E-state index contributed by atoms with van der Waals surface area (Å²) in [6.45, 7) is 1.25. The minimum Gasteiger partial charge on any atom is -0.293 e. The zero-order valence-corrected chi connectivity index (χ0v) is 9.30. The van der Waals surface area contributed by atoms with Gasteiger partial charge in [-0.3, -0.25) is 9.20 Å². The molecule has 0 saturated carbocycles. The summed E-state index contributed by atoms with van der Waals surface area (Å²) < 4.78 is 38.5. The number of rotatable bonds is 1. The van der Waals surface area contributed by atoms with Gasteiger partial charge in [0.05, 0.1) is 5.56 Å². The van der Waals surface area contributed by atoms with Gasteiger partial charge in [-0.2, -0.15) is 13.2 Å². The van der Waals surface area contributed by atoms with Crippen molar-refractivity contribution in [2.75, 3.05) is 0 Å². The second-order valence-electron chi connectivity index (χ2n) is 3.45. The fourth-order valence-corrected chi connectivity index (χ4v) is 1.72. The molecule has 0 fully saturated rings. The summed E-state index contributed by atoms with van der Waals surface area (Å²) in [7, 11) is 0. The smallest absolute Gasteiger partial charge is 0.293 e. The van der Waals surface area contributed by atoms with E-state index in [2.05, 4.69) is 4.98 Å². The summed E-state index contributed by atoms with van der Waals surface area (Å²) in [5.74, 6) is -0.396. The molecule has 0 radical (unpaired) electrons. The highest BCUT2D eigenvalue weighted by Crippen LogP contribution is 2.30. The van der Waals surface area contributed by atoms with Gasteiger partial charge in [0, 0.05) is 13.1 Å². The summed E-state index contributed by atoms with van der Waals surface area (Å²) in [4.78, 5) is 15.0. The summed E-state index contributed by atoms with van der Waals surface area (Å²) in [5.41, 5.74) is -0.682. The lowest BCUT2D eigenvalue weighted by atomic mass is 10.3. The predicted molar refractivity (Wildman–Crippen MR) is 55.2 cm³/mol. The number of carbonyl (C=O) groups is 1. The fourth-order valence-electron chi connectivity index (χ4n) is 1.41. The van der Waals surface area contributed by atoms with E-state index in [1.165, 1.54) is 13.0 Å². The van der Waals surface area contributed by atoms with Crippen LogP contribution >= 0.6 is 11.6 Å². The molecule has 0 saturated heterocycles. The molecule has 0 aromatic carbocycles. The normalized spacial score (nSPS) is 12.1. The molecule has 0 bridgehead atoms. The zero-order valence-electron chi connectivity index (χ0n) is 8.55. The van der Waals surface area contributed by atoms with Crippen LogP contribution in [-0.4, -0.2) is 15.2 Å². The molecule has 0 unspecified atom stereocenters. The number of pyridine rings is 1. The van der Waals surface area contributed by atoms with Gasteiger partial charge in [-0.1, -0.05) is 11.6 Å². The Morgan fingerprint density at radius 1 is 1.41 bits per heavy atom. The van der Waals surface area contributed by atoms with Crippen LogP contribution in [0, 0.1) is 0 Å². The van der Waals surface area contributed by atoms with Crippen molar-refractivity contribution in [3.05, 3.63) is 34.7 Å². The van der Waals surface area contributed by atoms with Crippen LogP contribution in [0.1, 0.15) is 23.0 Å². The van der Waals surface area contributed by atoms with E-state index in [0.29, 0.717) is 0 Å². The maximum absolute atomic E-state index is 12.5.